The number of hydrogen-bond acceptors (Lipinski definition) is 4. The summed E-state index contributed by atoms with van der Waals surface area (Å²) in [6.07, 6.45) is -8.16. The first-order chi connectivity index (χ1) is 14.8. The minimum atomic E-state index is -5.13. The SMILES string of the molecule is C[C@@H](O)[C@@H](O)[C@H](CO[Si](c1ccccc1)(c1ccccc1)C(C)(C)C)NC(=O)C(F)(F)F. The lowest BCUT2D eigenvalue weighted by Gasteiger charge is -2.44. The van der Waals surface area contributed by atoms with Crippen molar-refractivity contribution in [3.8, 4) is 0 Å². The van der Waals surface area contributed by atoms with Gasteiger partial charge in [0.15, 0.2) is 0 Å². The van der Waals surface area contributed by atoms with Gasteiger partial charge in [0.05, 0.1) is 18.8 Å². The number of amides is 1. The molecular formula is C23H30F3NO4Si. The van der Waals surface area contributed by atoms with Crippen LogP contribution in [-0.2, 0) is 9.22 Å². The molecule has 0 radical (unpaired) electrons. The Kier molecular flexibility index (Phi) is 8.27. The van der Waals surface area contributed by atoms with E-state index < -0.39 is 50.3 Å². The summed E-state index contributed by atoms with van der Waals surface area (Å²) in [5.41, 5.74) is 0. The highest BCUT2D eigenvalue weighted by Crippen LogP contribution is 2.37. The number of carbonyl (C=O) groups excluding carboxylic acids is 1. The molecule has 1 amide bonds. The van der Waals surface area contributed by atoms with Crippen LogP contribution in [0.25, 0.3) is 0 Å². The molecule has 2 aromatic rings. The van der Waals surface area contributed by atoms with E-state index >= 15 is 0 Å². The van der Waals surface area contributed by atoms with E-state index in [-0.39, 0.29) is 0 Å². The summed E-state index contributed by atoms with van der Waals surface area (Å²) >= 11 is 0. The van der Waals surface area contributed by atoms with Gasteiger partial charge < -0.3 is 20.0 Å². The Morgan fingerprint density at radius 3 is 1.75 bits per heavy atom. The molecule has 2 aromatic carbocycles. The molecule has 32 heavy (non-hydrogen) atoms. The minimum Gasteiger partial charge on any atom is -0.405 e. The van der Waals surface area contributed by atoms with Crippen molar-refractivity contribution in [2.24, 2.45) is 0 Å². The normalized spacial score (nSPS) is 15.7. The standard InChI is InChI=1S/C23H30F3NO4Si/c1-16(28)20(29)19(27-21(30)23(24,25)26)15-31-32(22(2,3)4,17-11-7-5-8-12-17)18-13-9-6-10-14-18/h5-14,16,19-20,28-29H,15H2,1-4H3,(H,27,30)/t16-,19+,20-/m1/s1. The van der Waals surface area contributed by atoms with Crippen molar-refractivity contribution in [1.82, 2.24) is 5.32 Å². The van der Waals surface area contributed by atoms with Gasteiger partial charge in [0.2, 0.25) is 0 Å². The van der Waals surface area contributed by atoms with E-state index in [1.807, 2.05) is 81.4 Å². The van der Waals surface area contributed by atoms with Gasteiger partial charge in [-0.3, -0.25) is 4.79 Å². The largest absolute Gasteiger partial charge is 0.471 e. The van der Waals surface area contributed by atoms with Crippen LogP contribution in [-0.4, -0.2) is 55.5 Å². The van der Waals surface area contributed by atoms with E-state index in [1.54, 1.807) is 5.32 Å². The van der Waals surface area contributed by atoms with Crippen molar-refractivity contribution >= 4 is 24.6 Å². The summed E-state index contributed by atoms with van der Waals surface area (Å²) in [5.74, 6) is -2.20. The number of alkyl halides is 3. The molecule has 0 spiro atoms. The van der Waals surface area contributed by atoms with Crippen LogP contribution in [0.5, 0.6) is 0 Å². The molecular weight excluding hydrogens is 439 g/mol. The molecule has 0 aliphatic rings. The number of nitrogens with one attached hydrogen (secondary N) is 1. The molecule has 0 aliphatic heterocycles. The van der Waals surface area contributed by atoms with E-state index in [4.69, 9.17) is 4.43 Å². The molecule has 5 nitrogen and oxygen atoms in total. The van der Waals surface area contributed by atoms with Gasteiger partial charge in [0.1, 0.15) is 6.10 Å². The Balaban J connectivity index is 2.53. The number of hydrogen-bond donors (Lipinski definition) is 3. The Labute approximate surface area is 187 Å². The van der Waals surface area contributed by atoms with Crippen molar-refractivity contribution in [2.75, 3.05) is 6.61 Å². The van der Waals surface area contributed by atoms with Crippen LogP contribution in [0, 0.1) is 0 Å². The second-order valence-electron chi connectivity index (χ2n) is 8.78. The molecule has 9 heteroatoms. The molecule has 2 rings (SSSR count). The quantitative estimate of drug-likeness (QED) is 0.519. The first-order valence-electron chi connectivity index (χ1n) is 10.3. The summed E-state index contributed by atoms with van der Waals surface area (Å²) in [5, 5.41) is 23.3. The van der Waals surface area contributed by atoms with Crippen molar-refractivity contribution in [3.05, 3.63) is 60.7 Å². The van der Waals surface area contributed by atoms with Crippen molar-refractivity contribution < 1.29 is 32.6 Å². The highest BCUT2D eigenvalue weighted by Gasteiger charge is 2.51. The van der Waals surface area contributed by atoms with E-state index in [2.05, 4.69) is 0 Å². The average molecular weight is 470 g/mol. The number of aliphatic hydroxyl groups is 2. The molecule has 0 saturated heterocycles. The van der Waals surface area contributed by atoms with Crippen LogP contribution in [0.15, 0.2) is 60.7 Å². The molecule has 0 unspecified atom stereocenters. The van der Waals surface area contributed by atoms with Gasteiger partial charge in [-0.05, 0) is 22.3 Å². The molecule has 0 fully saturated rings. The maximum Gasteiger partial charge on any atom is 0.471 e. The average Bonchev–Trinajstić information content (AvgIpc) is 2.72. The van der Waals surface area contributed by atoms with Crippen LogP contribution in [0.2, 0.25) is 5.04 Å². The fourth-order valence-electron chi connectivity index (χ4n) is 3.79. The van der Waals surface area contributed by atoms with Crippen LogP contribution in [0.3, 0.4) is 0 Å². The first-order valence-corrected chi connectivity index (χ1v) is 12.2. The second-order valence-corrected chi connectivity index (χ2v) is 13.1. The smallest absolute Gasteiger partial charge is 0.405 e. The number of aliphatic hydroxyl groups excluding tert-OH is 2. The third-order valence-electron chi connectivity index (χ3n) is 5.38. The Hall–Kier alpha value is -2.20. The maximum atomic E-state index is 12.9. The third kappa shape index (κ3) is 5.77. The zero-order valence-corrected chi connectivity index (χ0v) is 19.6. The first kappa shape index (κ1) is 26.1. The predicted octanol–water partition coefficient (Wildman–Crippen LogP) is 2.35. The zero-order chi connectivity index (χ0) is 24.2. The number of halogens is 3. The molecule has 3 N–H and O–H groups in total. The van der Waals surface area contributed by atoms with Crippen molar-refractivity contribution in [3.63, 3.8) is 0 Å². The Morgan fingerprint density at radius 1 is 0.969 bits per heavy atom. The summed E-state index contributed by atoms with van der Waals surface area (Å²) in [4.78, 5) is 11.6. The summed E-state index contributed by atoms with van der Waals surface area (Å²) in [6.45, 7) is 6.80. The van der Waals surface area contributed by atoms with Crippen molar-refractivity contribution in [2.45, 2.75) is 57.2 Å². The van der Waals surface area contributed by atoms with Crippen LogP contribution < -0.4 is 15.7 Å². The van der Waals surface area contributed by atoms with E-state index in [1.165, 1.54) is 6.92 Å². The molecule has 0 bridgehead atoms. The van der Waals surface area contributed by atoms with Gasteiger partial charge in [-0.1, -0.05) is 81.4 Å². The van der Waals surface area contributed by atoms with Crippen LogP contribution in [0.1, 0.15) is 27.7 Å². The zero-order valence-electron chi connectivity index (χ0n) is 18.6. The van der Waals surface area contributed by atoms with Gasteiger partial charge in [-0.15, -0.1) is 0 Å². The van der Waals surface area contributed by atoms with Gasteiger partial charge in [-0.2, -0.15) is 13.2 Å². The monoisotopic (exact) mass is 469 g/mol. The Morgan fingerprint density at radius 2 is 1.41 bits per heavy atom. The lowest BCUT2D eigenvalue weighted by Crippen LogP contribution is -2.68. The van der Waals surface area contributed by atoms with Crippen molar-refractivity contribution in [1.29, 1.82) is 0 Å². The molecule has 0 saturated carbocycles. The topological polar surface area (TPSA) is 78.8 Å². The van der Waals surface area contributed by atoms with E-state index in [9.17, 15) is 28.2 Å². The lowest BCUT2D eigenvalue weighted by atomic mass is 10.1. The van der Waals surface area contributed by atoms with Gasteiger partial charge >= 0.3 is 12.1 Å². The second kappa shape index (κ2) is 10.2. The maximum absolute atomic E-state index is 12.9. The fraction of sp³-hybridized carbons (Fsp3) is 0.435. The highest BCUT2D eigenvalue weighted by atomic mass is 28.4. The number of benzene rings is 2. The summed E-state index contributed by atoms with van der Waals surface area (Å²) in [6, 6.07) is 17.4. The summed E-state index contributed by atoms with van der Waals surface area (Å²) in [7, 11) is -3.11. The van der Waals surface area contributed by atoms with Gasteiger partial charge in [0, 0.05) is 0 Å². The Bertz CT molecular complexity index is 831. The molecule has 176 valence electrons. The minimum absolute atomic E-state index is 0.416. The molecule has 0 aliphatic carbocycles. The number of rotatable bonds is 8. The van der Waals surface area contributed by atoms with Gasteiger partial charge in [0.25, 0.3) is 8.32 Å². The number of carbonyl (C=O) groups is 1. The highest BCUT2D eigenvalue weighted by molar-refractivity contribution is 6.99. The molecule has 3 atom stereocenters. The molecule has 0 heterocycles. The van der Waals surface area contributed by atoms with Crippen LogP contribution in [0.4, 0.5) is 13.2 Å². The third-order valence-corrected chi connectivity index (χ3v) is 10.4. The summed E-state index contributed by atoms with van der Waals surface area (Å²) < 4.78 is 45.1. The predicted molar refractivity (Wildman–Crippen MR) is 119 cm³/mol. The van der Waals surface area contributed by atoms with Gasteiger partial charge in [-0.25, -0.2) is 0 Å². The lowest BCUT2D eigenvalue weighted by molar-refractivity contribution is -0.176. The molecule has 0 aromatic heterocycles. The van der Waals surface area contributed by atoms with Crippen LogP contribution >= 0.6 is 0 Å². The van der Waals surface area contributed by atoms with E-state index in [0.717, 1.165) is 10.4 Å². The fourth-order valence-corrected chi connectivity index (χ4v) is 8.37. The van der Waals surface area contributed by atoms with E-state index in [0.29, 0.717) is 0 Å².